The average Bonchev–Trinajstić information content (AvgIpc) is 2.53. The number of nitrogens with one attached hydrogen (secondary N) is 2. The third-order valence-electron chi connectivity index (χ3n) is 3.16. The smallest absolute Gasteiger partial charge is 0.271 e. The minimum atomic E-state index is -3.49. The Morgan fingerprint density at radius 2 is 1.92 bits per heavy atom. The summed E-state index contributed by atoms with van der Waals surface area (Å²) in [5.41, 5.74) is 0.127. The van der Waals surface area contributed by atoms with Crippen LogP contribution in [0.5, 0.6) is 5.75 Å². The van der Waals surface area contributed by atoms with Crippen molar-refractivity contribution >= 4 is 44.6 Å². The number of ether oxygens (including phenoxy) is 1. The Morgan fingerprint density at radius 3 is 2.46 bits per heavy atom. The molecule has 2 rings (SSSR count). The molecular weight excluding hydrogens is 386 g/mol. The molecule has 0 aliphatic heterocycles. The number of nitro benzene ring substituents is 1. The van der Waals surface area contributed by atoms with Crippen LogP contribution in [0.3, 0.4) is 0 Å². The molecule has 138 valence electrons. The molecule has 0 aliphatic rings. The molecule has 0 saturated carbocycles. The summed E-state index contributed by atoms with van der Waals surface area (Å²) in [6.07, 6.45) is 0.982. The third-order valence-corrected chi connectivity index (χ3v) is 4.08. The summed E-state index contributed by atoms with van der Waals surface area (Å²) in [6, 6.07) is 7.73. The fourth-order valence-electron chi connectivity index (χ4n) is 2.07. The SMILES string of the molecule is COc1ccc([N+](=O)[O-])cc1NC(=O)c1ccc(NS(C)(=O)=O)cc1Cl. The highest BCUT2D eigenvalue weighted by Gasteiger charge is 2.17. The number of nitro groups is 1. The second-order valence-corrected chi connectivity index (χ2v) is 7.32. The highest BCUT2D eigenvalue weighted by Crippen LogP contribution is 2.30. The van der Waals surface area contributed by atoms with Crippen molar-refractivity contribution in [2.45, 2.75) is 0 Å². The van der Waals surface area contributed by atoms with Crippen molar-refractivity contribution in [1.29, 1.82) is 0 Å². The van der Waals surface area contributed by atoms with Crippen molar-refractivity contribution < 1.29 is 22.9 Å². The molecule has 0 radical (unpaired) electrons. The van der Waals surface area contributed by atoms with Crippen LogP contribution in [0, 0.1) is 10.1 Å². The van der Waals surface area contributed by atoms with Gasteiger partial charge in [0.15, 0.2) is 0 Å². The summed E-state index contributed by atoms with van der Waals surface area (Å²) in [5.74, 6) is -0.407. The number of halogens is 1. The van der Waals surface area contributed by atoms with Crippen LogP contribution in [0.4, 0.5) is 17.1 Å². The van der Waals surface area contributed by atoms with E-state index < -0.39 is 20.9 Å². The molecule has 2 aromatic rings. The van der Waals surface area contributed by atoms with E-state index in [2.05, 4.69) is 10.0 Å². The molecule has 1 amide bonds. The van der Waals surface area contributed by atoms with Crippen LogP contribution in [0.25, 0.3) is 0 Å². The van der Waals surface area contributed by atoms with Crippen LogP contribution >= 0.6 is 11.6 Å². The van der Waals surface area contributed by atoms with Gasteiger partial charge >= 0.3 is 0 Å². The van der Waals surface area contributed by atoms with Gasteiger partial charge in [0.25, 0.3) is 11.6 Å². The first-order chi connectivity index (χ1) is 12.1. The van der Waals surface area contributed by atoms with Gasteiger partial charge in [0.1, 0.15) is 5.75 Å². The van der Waals surface area contributed by atoms with Gasteiger partial charge in [-0.3, -0.25) is 19.6 Å². The number of hydrogen-bond donors (Lipinski definition) is 2. The van der Waals surface area contributed by atoms with Crippen LogP contribution in [0.2, 0.25) is 5.02 Å². The van der Waals surface area contributed by atoms with Crippen molar-refractivity contribution in [3.63, 3.8) is 0 Å². The summed E-state index contributed by atoms with van der Waals surface area (Å²) in [7, 11) is -2.13. The molecule has 0 bridgehead atoms. The molecule has 9 nitrogen and oxygen atoms in total. The topological polar surface area (TPSA) is 128 Å². The Bertz CT molecular complexity index is 977. The zero-order valence-corrected chi connectivity index (χ0v) is 15.2. The van der Waals surface area contributed by atoms with E-state index in [4.69, 9.17) is 16.3 Å². The summed E-state index contributed by atoms with van der Waals surface area (Å²) in [4.78, 5) is 22.7. The van der Waals surface area contributed by atoms with Crippen molar-refractivity contribution in [3.05, 3.63) is 57.1 Å². The van der Waals surface area contributed by atoms with Gasteiger partial charge in [0.05, 0.1) is 34.6 Å². The number of rotatable bonds is 6. The number of carbonyl (C=O) groups excluding carboxylic acids is 1. The largest absolute Gasteiger partial charge is 0.495 e. The van der Waals surface area contributed by atoms with Crippen LogP contribution < -0.4 is 14.8 Å². The average molecular weight is 400 g/mol. The molecule has 0 unspecified atom stereocenters. The van der Waals surface area contributed by atoms with E-state index in [0.717, 1.165) is 12.3 Å². The Hall–Kier alpha value is -2.85. The lowest BCUT2D eigenvalue weighted by Gasteiger charge is -2.11. The Balaban J connectivity index is 2.30. The molecule has 0 aliphatic carbocycles. The lowest BCUT2D eigenvalue weighted by molar-refractivity contribution is -0.384. The van der Waals surface area contributed by atoms with Gasteiger partial charge in [0.2, 0.25) is 10.0 Å². The molecular formula is C15H14ClN3O6S. The Kier molecular flexibility index (Phi) is 5.68. The van der Waals surface area contributed by atoms with Crippen molar-refractivity contribution in [1.82, 2.24) is 0 Å². The molecule has 2 N–H and O–H groups in total. The Morgan fingerprint density at radius 1 is 1.23 bits per heavy atom. The van der Waals surface area contributed by atoms with Gasteiger partial charge in [-0.25, -0.2) is 8.42 Å². The molecule has 0 fully saturated rings. The van der Waals surface area contributed by atoms with Crippen LogP contribution in [0.15, 0.2) is 36.4 Å². The predicted octanol–water partition coefficient (Wildman–Crippen LogP) is 2.88. The molecule has 0 spiro atoms. The second-order valence-electron chi connectivity index (χ2n) is 5.16. The standard InChI is InChI=1S/C15H14ClN3O6S/c1-25-14-6-4-10(19(21)22)8-13(14)17-15(20)11-5-3-9(7-12(11)16)18-26(2,23)24/h3-8,18H,1-2H3,(H,17,20). The zero-order valence-electron chi connectivity index (χ0n) is 13.6. The van der Waals surface area contributed by atoms with Crippen LogP contribution in [0.1, 0.15) is 10.4 Å². The van der Waals surface area contributed by atoms with Crippen LogP contribution in [-0.4, -0.2) is 32.6 Å². The van der Waals surface area contributed by atoms with Gasteiger partial charge in [0, 0.05) is 17.8 Å². The number of hydrogen-bond acceptors (Lipinski definition) is 6. The molecule has 0 atom stereocenters. The fourth-order valence-corrected chi connectivity index (χ4v) is 2.90. The number of anilines is 2. The minimum Gasteiger partial charge on any atom is -0.495 e. The van der Waals surface area contributed by atoms with Crippen molar-refractivity contribution in [2.24, 2.45) is 0 Å². The predicted molar refractivity (Wildman–Crippen MR) is 97.5 cm³/mol. The molecule has 0 aromatic heterocycles. The summed E-state index contributed by atoms with van der Waals surface area (Å²) < 4.78 is 29.8. The maximum Gasteiger partial charge on any atom is 0.271 e. The van der Waals surface area contributed by atoms with Crippen molar-refractivity contribution in [2.75, 3.05) is 23.4 Å². The lowest BCUT2D eigenvalue weighted by Crippen LogP contribution is -2.14. The van der Waals surface area contributed by atoms with E-state index in [-0.39, 0.29) is 33.4 Å². The second kappa shape index (κ2) is 7.58. The lowest BCUT2D eigenvalue weighted by atomic mass is 10.2. The number of amides is 1. The molecule has 2 aromatic carbocycles. The first kappa shape index (κ1) is 19.5. The first-order valence-electron chi connectivity index (χ1n) is 7.02. The molecule has 11 heteroatoms. The fraction of sp³-hybridized carbons (Fsp3) is 0.133. The minimum absolute atomic E-state index is 0.000507. The third kappa shape index (κ3) is 4.83. The summed E-state index contributed by atoms with van der Waals surface area (Å²) >= 11 is 6.04. The Labute approximate surface area is 154 Å². The van der Waals surface area contributed by atoms with Gasteiger partial charge in [-0.1, -0.05) is 11.6 Å². The van der Waals surface area contributed by atoms with Crippen molar-refractivity contribution in [3.8, 4) is 5.75 Å². The molecule has 0 saturated heterocycles. The maximum atomic E-state index is 12.4. The normalized spacial score (nSPS) is 10.9. The summed E-state index contributed by atoms with van der Waals surface area (Å²) in [6.45, 7) is 0. The van der Waals surface area contributed by atoms with Gasteiger partial charge < -0.3 is 10.1 Å². The molecule has 26 heavy (non-hydrogen) atoms. The summed E-state index contributed by atoms with van der Waals surface area (Å²) in [5, 5.41) is 13.4. The quantitative estimate of drug-likeness (QED) is 0.567. The molecule has 0 heterocycles. The number of benzene rings is 2. The van der Waals surface area contributed by atoms with Crippen LogP contribution in [-0.2, 0) is 10.0 Å². The van der Waals surface area contributed by atoms with E-state index in [1.165, 1.54) is 37.4 Å². The number of non-ortho nitro benzene ring substituents is 1. The number of carbonyl (C=O) groups is 1. The van der Waals surface area contributed by atoms with Gasteiger partial charge in [-0.05, 0) is 24.3 Å². The van der Waals surface area contributed by atoms with E-state index >= 15 is 0 Å². The van der Waals surface area contributed by atoms with E-state index in [1.54, 1.807) is 0 Å². The number of sulfonamides is 1. The monoisotopic (exact) mass is 399 g/mol. The van der Waals surface area contributed by atoms with Gasteiger partial charge in [-0.2, -0.15) is 0 Å². The zero-order chi connectivity index (χ0) is 19.5. The number of methoxy groups -OCH3 is 1. The first-order valence-corrected chi connectivity index (χ1v) is 9.29. The highest BCUT2D eigenvalue weighted by molar-refractivity contribution is 7.92. The van der Waals surface area contributed by atoms with E-state index in [9.17, 15) is 23.3 Å². The van der Waals surface area contributed by atoms with E-state index in [0.29, 0.717) is 0 Å². The van der Waals surface area contributed by atoms with Gasteiger partial charge in [-0.15, -0.1) is 0 Å². The number of nitrogens with zero attached hydrogens (tertiary/aromatic N) is 1. The highest BCUT2D eigenvalue weighted by atomic mass is 35.5. The van der Waals surface area contributed by atoms with E-state index in [1.807, 2.05) is 0 Å². The maximum absolute atomic E-state index is 12.4.